The molecule has 114 valence electrons. The van der Waals surface area contributed by atoms with Gasteiger partial charge in [0.15, 0.2) is 0 Å². The number of benzene rings is 1. The number of nitrogens with two attached hydrogens (primary N) is 1. The number of carbonyl (C=O) groups excluding carboxylic acids is 1. The summed E-state index contributed by atoms with van der Waals surface area (Å²) in [6, 6.07) is 7.32. The first-order valence-electron chi connectivity index (χ1n) is 6.55. The van der Waals surface area contributed by atoms with Gasteiger partial charge in [0.1, 0.15) is 0 Å². The van der Waals surface area contributed by atoms with E-state index in [9.17, 15) is 4.79 Å². The Hall–Kier alpha value is -1.85. The predicted octanol–water partition coefficient (Wildman–Crippen LogP) is 2.07. The first-order chi connectivity index (χ1) is 9.41. The molecule has 0 bridgehead atoms. The van der Waals surface area contributed by atoms with Gasteiger partial charge in [0.25, 0.3) is 5.91 Å². The highest BCUT2D eigenvalue weighted by Gasteiger charge is 2.19. The molecule has 1 aromatic carbocycles. The molecule has 5 nitrogen and oxygen atoms in total. The molecule has 3 N–H and O–H groups in total. The Morgan fingerprint density at radius 3 is 2.43 bits per heavy atom. The maximum Gasteiger partial charge on any atom is 0.251 e. The van der Waals surface area contributed by atoms with Crippen molar-refractivity contribution in [3.63, 3.8) is 0 Å². The highest BCUT2D eigenvalue weighted by molar-refractivity contribution is 5.94. The zero-order valence-corrected chi connectivity index (χ0v) is 13.3. The lowest BCUT2D eigenvalue weighted by Gasteiger charge is -2.24. The second-order valence-corrected chi connectivity index (χ2v) is 5.55. The van der Waals surface area contributed by atoms with E-state index in [2.05, 4.69) is 10.4 Å². The van der Waals surface area contributed by atoms with Gasteiger partial charge in [-0.15, -0.1) is 12.4 Å². The van der Waals surface area contributed by atoms with Crippen LogP contribution < -0.4 is 11.1 Å². The molecule has 0 aliphatic rings. The number of hydrogen-bond acceptors (Lipinski definition) is 3. The van der Waals surface area contributed by atoms with Crippen molar-refractivity contribution in [2.45, 2.75) is 26.3 Å². The molecule has 6 heteroatoms. The van der Waals surface area contributed by atoms with Crippen LogP contribution in [-0.2, 0) is 0 Å². The zero-order chi connectivity index (χ0) is 14.8. The Morgan fingerprint density at radius 2 is 1.95 bits per heavy atom. The van der Waals surface area contributed by atoms with Crippen molar-refractivity contribution in [1.29, 1.82) is 0 Å². The summed E-state index contributed by atoms with van der Waals surface area (Å²) in [6.45, 7) is 6.17. The first-order valence-corrected chi connectivity index (χ1v) is 6.55. The van der Waals surface area contributed by atoms with Crippen molar-refractivity contribution >= 4 is 18.3 Å². The zero-order valence-electron chi connectivity index (χ0n) is 12.5. The number of amides is 1. The third-order valence-corrected chi connectivity index (χ3v) is 3.07. The minimum absolute atomic E-state index is 0. The summed E-state index contributed by atoms with van der Waals surface area (Å²) in [5.74, 6) is -0.122. The van der Waals surface area contributed by atoms with Crippen molar-refractivity contribution in [3.8, 4) is 5.69 Å². The third-order valence-electron chi connectivity index (χ3n) is 3.07. The van der Waals surface area contributed by atoms with E-state index >= 15 is 0 Å². The standard InChI is InChI=1S/C15H20N4O.ClH/c1-11-8-17-19(9-11)13-6-4-12(5-7-13)14(20)18-15(2,3)10-16;/h4-9H,10,16H2,1-3H3,(H,18,20);1H. The summed E-state index contributed by atoms with van der Waals surface area (Å²) in [5, 5.41) is 7.13. The van der Waals surface area contributed by atoms with Crippen LogP contribution in [0.4, 0.5) is 0 Å². The van der Waals surface area contributed by atoms with Crippen LogP contribution in [0.2, 0.25) is 0 Å². The number of rotatable bonds is 4. The van der Waals surface area contributed by atoms with Gasteiger partial charge in [-0.2, -0.15) is 5.10 Å². The van der Waals surface area contributed by atoms with Crippen LogP contribution in [0.3, 0.4) is 0 Å². The fourth-order valence-electron chi connectivity index (χ4n) is 1.75. The Balaban J connectivity index is 0.00000220. The Kier molecular flexibility index (Phi) is 5.52. The lowest BCUT2D eigenvalue weighted by molar-refractivity contribution is 0.0915. The smallest absolute Gasteiger partial charge is 0.251 e. The van der Waals surface area contributed by atoms with Gasteiger partial charge in [-0.1, -0.05) is 0 Å². The minimum atomic E-state index is -0.408. The molecule has 0 atom stereocenters. The van der Waals surface area contributed by atoms with Gasteiger partial charge in [0.05, 0.1) is 11.9 Å². The number of hydrogen-bond donors (Lipinski definition) is 2. The first kappa shape index (κ1) is 17.2. The fraction of sp³-hybridized carbons (Fsp3) is 0.333. The summed E-state index contributed by atoms with van der Waals surface area (Å²) in [5.41, 5.74) is 7.83. The van der Waals surface area contributed by atoms with Gasteiger partial charge in [0.2, 0.25) is 0 Å². The van der Waals surface area contributed by atoms with Gasteiger partial charge in [-0.05, 0) is 50.6 Å². The molecule has 1 amide bonds. The van der Waals surface area contributed by atoms with E-state index in [1.165, 1.54) is 0 Å². The van der Waals surface area contributed by atoms with E-state index in [0.29, 0.717) is 12.1 Å². The monoisotopic (exact) mass is 308 g/mol. The van der Waals surface area contributed by atoms with Crippen molar-refractivity contribution in [2.75, 3.05) is 6.54 Å². The molecule has 0 saturated carbocycles. The molecule has 21 heavy (non-hydrogen) atoms. The van der Waals surface area contributed by atoms with Gasteiger partial charge in [-0.25, -0.2) is 4.68 Å². The Morgan fingerprint density at radius 1 is 1.33 bits per heavy atom. The average Bonchev–Trinajstić information content (AvgIpc) is 2.85. The molecule has 1 aromatic heterocycles. The van der Waals surface area contributed by atoms with E-state index in [0.717, 1.165) is 11.3 Å². The summed E-state index contributed by atoms with van der Waals surface area (Å²) in [4.78, 5) is 12.1. The van der Waals surface area contributed by atoms with E-state index in [4.69, 9.17) is 5.73 Å². The van der Waals surface area contributed by atoms with Crippen molar-refractivity contribution in [3.05, 3.63) is 47.8 Å². The molecule has 0 aliphatic carbocycles. The van der Waals surface area contributed by atoms with Crippen LogP contribution in [0.25, 0.3) is 5.69 Å². The summed E-state index contributed by atoms with van der Waals surface area (Å²) in [6.07, 6.45) is 3.73. The molecule has 0 radical (unpaired) electrons. The molecule has 2 rings (SSSR count). The highest BCUT2D eigenvalue weighted by Crippen LogP contribution is 2.11. The maximum absolute atomic E-state index is 12.1. The molecule has 0 unspecified atom stereocenters. The van der Waals surface area contributed by atoms with Gasteiger partial charge < -0.3 is 11.1 Å². The third kappa shape index (κ3) is 4.31. The molecule has 2 aromatic rings. The fourth-order valence-corrected chi connectivity index (χ4v) is 1.75. The number of carbonyl (C=O) groups is 1. The van der Waals surface area contributed by atoms with E-state index in [1.807, 2.05) is 39.1 Å². The Bertz CT molecular complexity index is 604. The number of nitrogens with one attached hydrogen (secondary N) is 1. The highest BCUT2D eigenvalue weighted by atomic mass is 35.5. The molecule has 0 fully saturated rings. The second-order valence-electron chi connectivity index (χ2n) is 5.55. The Labute approximate surface area is 130 Å². The molecule has 0 spiro atoms. The number of halogens is 1. The number of aromatic nitrogens is 2. The average molecular weight is 309 g/mol. The molecular formula is C15H21ClN4O. The van der Waals surface area contributed by atoms with Crippen LogP contribution in [0.15, 0.2) is 36.7 Å². The minimum Gasteiger partial charge on any atom is -0.346 e. The van der Waals surface area contributed by atoms with Crippen molar-refractivity contribution in [2.24, 2.45) is 5.73 Å². The molecule has 1 heterocycles. The van der Waals surface area contributed by atoms with E-state index < -0.39 is 5.54 Å². The van der Waals surface area contributed by atoms with Crippen LogP contribution in [0, 0.1) is 6.92 Å². The van der Waals surface area contributed by atoms with Crippen molar-refractivity contribution in [1.82, 2.24) is 15.1 Å². The van der Waals surface area contributed by atoms with Gasteiger partial charge in [-0.3, -0.25) is 4.79 Å². The normalized spacial score (nSPS) is 10.9. The largest absolute Gasteiger partial charge is 0.346 e. The molecule has 0 saturated heterocycles. The molecular weight excluding hydrogens is 288 g/mol. The summed E-state index contributed by atoms with van der Waals surface area (Å²) in [7, 11) is 0. The van der Waals surface area contributed by atoms with Crippen LogP contribution in [-0.4, -0.2) is 27.8 Å². The number of nitrogens with zero attached hydrogens (tertiary/aromatic N) is 2. The lowest BCUT2D eigenvalue weighted by Crippen LogP contribution is -2.48. The van der Waals surface area contributed by atoms with Gasteiger partial charge in [0, 0.05) is 23.8 Å². The molecule has 0 aliphatic heterocycles. The SMILES string of the molecule is Cc1cnn(-c2ccc(C(=O)NC(C)(C)CN)cc2)c1.Cl. The quantitative estimate of drug-likeness (QED) is 0.908. The topological polar surface area (TPSA) is 72.9 Å². The maximum atomic E-state index is 12.1. The van der Waals surface area contributed by atoms with Crippen LogP contribution >= 0.6 is 12.4 Å². The van der Waals surface area contributed by atoms with Crippen molar-refractivity contribution < 1.29 is 4.79 Å². The predicted molar refractivity (Wildman–Crippen MR) is 86.1 cm³/mol. The summed E-state index contributed by atoms with van der Waals surface area (Å²) >= 11 is 0. The number of aryl methyl sites for hydroxylation is 1. The lowest BCUT2D eigenvalue weighted by atomic mass is 10.1. The second kappa shape index (κ2) is 6.74. The van der Waals surface area contributed by atoms with E-state index in [-0.39, 0.29) is 18.3 Å². The van der Waals surface area contributed by atoms with Gasteiger partial charge >= 0.3 is 0 Å². The summed E-state index contributed by atoms with van der Waals surface area (Å²) < 4.78 is 1.78. The van der Waals surface area contributed by atoms with Crippen LogP contribution in [0.5, 0.6) is 0 Å². The van der Waals surface area contributed by atoms with E-state index in [1.54, 1.807) is 23.0 Å². The van der Waals surface area contributed by atoms with Crippen LogP contribution in [0.1, 0.15) is 29.8 Å².